The van der Waals surface area contributed by atoms with E-state index in [0.29, 0.717) is 21.2 Å². The number of benzene rings is 2. The van der Waals surface area contributed by atoms with Crippen molar-refractivity contribution in [3.63, 3.8) is 0 Å². The standard InChI is InChI=1S/C22H15ClN4O4S/c23-16-6-7-19(18(9-16)21(28)15-4-2-1-3-5-15)25-22(29)20-8-14(13-32-20)11-26-12-17(10-24-26)27(30)31/h1-10,12-13H,11H2,(H,25,29). The fraction of sp³-hybridized carbons (Fsp3) is 0.0455. The molecule has 2 aromatic carbocycles. The molecule has 0 radical (unpaired) electrons. The highest BCUT2D eigenvalue weighted by Crippen LogP contribution is 2.25. The van der Waals surface area contributed by atoms with Crippen LogP contribution in [0.2, 0.25) is 5.02 Å². The van der Waals surface area contributed by atoms with Gasteiger partial charge in [0.25, 0.3) is 5.91 Å². The van der Waals surface area contributed by atoms with Crippen LogP contribution >= 0.6 is 22.9 Å². The Morgan fingerprint density at radius 3 is 2.66 bits per heavy atom. The second kappa shape index (κ2) is 9.13. The van der Waals surface area contributed by atoms with Crippen LogP contribution in [0.3, 0.4) is 0 Å². The topological polar surface area (TPSA) is 107 Å². The summed E-state index contributed by atoms with van der Waals surface area (Å²) in [4.78, 5) is 36.4. The van der Waals surface area contributed by atoms with E-state index in [-0.39, 0.29) is 29.5 Å². The SMILES string of the molecule is O=C(Nc1ccc(Cl)cc1C(=O)c1ccccc1)c1cc(Cn2cc([N+](=O)[O-])cn2)cs1. The summed E-state index contributed by atoms with van der Waals surface area (Å²) in [7, 11) is 0. The van der Waals surface area contributed by atoms with Gasteiger partial charge in [-0.1, -0.05) is 41.9 Å². The lowest BCUT2D eigenvalue weighted by Crippen LogP contribution is -2.14. The number of aromatic nitrogens is 2. The summed E-state index contributed by atoms with van der Waals surface area (Å²) < 4.78 is 1.43. The van der Waals surface area contributed by atoms with Gasteiger partial charge in [-0.3, -0.25) is 24.4 Å². The molecule has 0 bridgehead atoms. The molecular formula is C22H15ClN4O4S. The van der Waals surface area contributed by atoms with E-state index in [1.54, 1.807) is 47.8 Å². The van der Waals surface area contributed by atoms with Gasteiger partial charge in [-0.05, 0) is 35.2 Å². The first-order chi connectivity index (χ1) is 15.4. The van der Waals surface area contributed by atoms with E-state index in [9.17, 15) is 19.7 Å². The van der Waals surface area contributed by atoms with Gasteiger partial charge in [0.1, 0.15) is 12.4 Å². The first-order valence-corrected chi connectivity index (χ1v) is 10.6. The fourth-order valence-corrected chi connectivity index (χ4v) is 4.01. The number of hydrogen-bond acceptors (Lipinski definition) is 6. The third kappa shape index (κ3) is 4.74. The summed E-state index contributed by atoms with van der Waals surface area (Å²) in [5.41, 5.74) is 1.80. The zero-order valence-corrected chi connectivity index (χ0v) is 18.0. The minimum atomic E-state index is -0.517. The van der Waals surface area contributed by atoms with Gasteiger partial charge in [0, 0.05) is 16.1 Å². The van der Waals surface area contributed by atoms with Gasteiger partial charge >= 0.3 is 5.69 Å². The van der Waals surface area contributed by atoms with Crippen LogP contribution in [-0.2, 0) is 6.54 Å². The zero-order chi connectivity index (χ0) is 22.7. The second-order valence-corrected chi connectivity index (χ2v) is 8.16. The minimum Gasteiger partial charge on any atom is -0.321 e. The molecule has 0 saturated heterocycles. The number of thiophene rings is 1. The van der Waals surface area contributed by atoms with Crippen molar-refractivity contribution in [3.05, 3.63) is 109 Å². The lowest BCUT2D eigenvalue weighted by Gasteiger charge is -2.10. The number of rotatable bonds is 7. The van der Waals surface area contributed by atoms with Crippen molar-refractivity contribution in [2.45, 2.75) is 6.54 Å². The molecule has 0 spiro atoms. The maximum atomic E-state index is 12.9. The zero-order valence-electron chi connectivity index (χ0n) is 16.4. The Hall–Kier alpha value is -3.82. The molecule has 0 fully saturated rings. The number of nitrogens with one attached hydrogen (secondary N) is 1. The number of nitrogens with zero attached hydrogens (tertiary/aromatic N) is 3. The van der Waals surface area contributed by atoms with Gasteiger partial charge in [0.15, 0.2) is 5.78 Å². The Bertz CT molecular complexity index is 1320. The van der Waals surface area contributed by atoms with Gasteiger partial charge in [-0.2, -0.15) is 5.10 Å². The van der Waals surface area contributed by atoms with Gasteiger partial charge in [0.05, 0.1) is 22.0 Å². The molecule has 10 heteroatoms. The number of anilines is 1. The quantitative estimate of drug-likeness (QED) is 0.233. The normalized spacial score (nSPS) is 10.7. The molecule has 1 amide bonds. The number of hydrogen-bond donors (Lipinski definition) is 1. The molecule has 160 valence electrons. The molecule has 0 unspecified atom stereocenters. The number of ketones is 1. The molecule has 0 saturated carbocycles. The van der Waals surface area contributed by atoms with Crippen molar-refractivity contribution in [2.75, 3.05) is 5.32 Å². The third-order valence-corrected chi connectivity index (χ3v) is 5.78. The highest BCUT2D eigenvalue weighted by atomic mass is 35.5. The molecule has 4 rings (SSSR count). The first kappa shape index (κ1) is 21.4. The van der Waals surface area contributed by atoms with Crippen LogP contribution in [0.15, 0.2) is 72.4 Å². The molecule has 2 aromatic heterocycles. The van der Waals surface area contributed by atoms with Crippen LogP contribution in [0.4, 0.5) is 11.4 Å². The molecule has 4 aromatic rings. The fourth-order valence-electron chi connectivity index (χ4n) is 3.04. The third-order valence-electron chi connectivity index (χ3n) is 4.56. The summed E-state index contributed by atoms with van der Waals surface area (Å²) in [5, 5.41) is 19.7. The summed E-state index contributed by atoms with van der Waals surface area (Å²) in [5.74, 6) is -0.632. The second-order valence-electron chi connectivity index (χ2n) is 6.81. The van der Waals surface area contributed by atoms with E-state index in [0.717, 1.165) is 5.56 Å². The van der Waals surface area contributed by atoms with Gasteiger partial charge < -0.3 is 5.32 Å². The van der Waals surface area contributed by atoms with Gasteiger partial charge in [-0.15, -0.1) is 11.3 Å². The molecule has 0 aliphatic heterocycles. The summed E-state index contributed by atoms with van der Waals surface area (Å²) in [6, 6.07) is 15.1. The minimum absolute atomic E-state index is 0.100. The predicted octanol–water partition coefficient (Wildman–Crippen LogP) is 5.04. The van der Waals surface area contributed by atoms with Crippen LogP contribution in [-0.4, -0.2) is 26.4 Å². The predicted molar refractivity (Wildman–Crippen MR) is 122 cm³/mol. The van der Waals surface area contributed by atoms with E-state index >= 15 is 0 Å². The Balaban J connectivity index is 1.52. The monoisotopic (exact) mass is 466 g/mol. The average Bonchev–Trinajstić information content (AvgIpc) is 3.45. The summed E-state index contributed by atoms with van der Waals surface area (Å²) >= 11 is 7.32. The van der Waals surface area contributed by atoms with Gasteiger partial charge in [0.2, 0.25) is 0 Å². The van der Waals surface area contributed by atoms with E-state index in [4.69, 9.17) is 11.6 Å². The van der Waals surface area contributed by atoms with E-state index in [1.165, 1.54) is 34.5 Å². The number of amides is 1. The molecule has 8 nitrogen and oxygen atoms in total. The van der Waals surface area contributed by atoms with E-state index in [1.807, 2.05) is 6.07 Å². The van der Waals surface area contributed by atoms with Crippen LogP contribution in [0.25, 0.3) is 0 Å². The van der Waals surface area contributed by atoms with Crippen molar-refractivity contribution < 1.29 is 14.5 Å². The average molecular weight is 467 g/mol. The Labute approximate surface area is 191 Å². The number of halogens is 1. The van der Waals surface area contributed by atoms with Crippen LogP contribution in [0.5, 0.6) is 0 Å². The highest BCUT2D eigenvalue weighted by molar-refractivity contribution is 7.12. The van der Waals surface area contributed by atoms with Crippen molar-refractivity contribution in [1.82, 2.24) is 9.78 Å². The number of carbonyl (C=O) groups is 2. The molecule has 0 atom stereocenters. The largest absolute Gasteiger partial charge is 0.321 e. The molecule has 2 heterocycles. The van der Waals surface area contributed by atoms with Crippen molar-refractivity contribution >= 4 is 46.0 Å². The van der Waals surface area contributed by atoms with Crippen LogP contribution in [0, 0.1) is 10.1 Å². The number of nitro groups is 1. The molecule has 0 aliphatic carbocycles. The lowest BCUT2D eigenvalue weighted by molar-refractivity contribution is -0.385. The number of carbonyl (C=O) groups excluding carboxylic acids is 2. The lowest BCUT2D eigenvalue weighted by atomic mass is 10.0. The van der Waals surface area contributed by atoms with E-state index in [2.05, 4.69) is 10.4 Å². The molecular weight excluding hydrogens is 452 g/mol. The highest BCUT2D eigenvalue weighted by Gasteiger charge is 2.18. The summed E-state index contributed by atoms with van der Waals surface area (Å²) in [6.45, 7) is 0.288. The first-order valence-electron chi connectivity index (χ1n) is 9.35. The van der Waals surface area contributed by atoms with Crippen molar-refractivity contribution in [3.8, 4) is 0 Å². The Morgan fingerprint density at radius 1 is 1.16 bits per heavy atom. The molecule has 0 aliphatic rings. The van der Waals surface area contributed by atoms with Gasteiger partial charge in [-0.25, -0.2) is 0 Å². The van der Waals surface area contributed by atoms with Crippen LogP contribution < -0.4 is 5.32 Å². The smallest absolute Gasteiger partial charge is 0.307 e. The van der Waals surface area contributed by atoms with Crippen molar-refractivity contribution in [1.29, 1.82) is 0 Å². The maximum absolute atomic E-state index is 12.9. The van der Waals surface area contributed by atoms with Crippen LogP contribution in [0.1, 0.15) is 31.2 Å². The molecule has 1 N–H and O–H groups in total. The molecule has 32 heavy (non-hydrogen) atoms. The Morgan fingerprint density at radius 2 is 1.94 bits per heavy atom. The Kier molecular flexibility index (Phi) is 6.11. The van der Waals surface area contributed by atoms with E-state index < -0.39 is 4.92 Å². The van der Waals surface area contributed by atoms with Crippen molar-refractivity contribution in [2.24, 2.45) is 0 Å². The summed E-state index contributed by atoms with van der Waals surface area (Å²) in [6.07, 6.45) is 2.50. The maximum Gasteiger partial charge on any atom is 0.307 e.